The third-order valence-corrected chi connectivity index (χ3v) is 8.09. The molecule has 5 N–H and O–H groups in total. The van der Waals surface area contributed by atoms with Gasteiger partial charge in [-0.15, -0.1) is 0 Å². The number of hydrogen-bond acceptors (Lipinski definition) is 8. The number of carbonyl (C=O) groups excluding carboxylic acids is 1. The molecular formula is C32H52O8. The van der Waals surface area contributed by atoms with Crippen molar-refractivity contribution >= 4 is 5.97 Å². The summed E-state index contributed by atoms with van der Waals surface area (Å²) in [7, 11) is 0. The predicted octanol–water partition coefficient (Wildman–Crippen LogP) is 3.76. The average Bonchev–Trinajstić information content (AvgIpc) is 3.62. The Morgan fingerprint density at radius 1 is 0.975 bits per heavy atom. The second-order valence-corrected chi connectivity index (χ2v) is 12.1. The van der Waals surface area contributed by atoms with E-state index in [1.54, 1.807) is 19.9 Å². The van der Waals surface area contributed by atoms with Crippen LogP contribution in [0.3, 0.4) is 0 Å². The summed E-state index contributed by atoms with van der Waals surface area (Å²) < 4.78 is 11.2. The lowest BCUT2D eigenvalue weighted by Gasteiger charge is -2.30. The molecule has 0 aromatic rings. The third kappa shape index (κ3) is 11.6. The molecule has 0 aromatic heterocycles. The van der Waals surface area contributed by atoms with Gasteiger partial charge in [-0.25, -0.2) is 4.79 Å². The summed E-state index contributed by atoms with van der Waals surface area (Å²) in [5.74, 6) is -0.697. The van der Waals surface area contributed by atoms with Crippen LogP contribution in [0.4, 0.5) is 0 Å². The lowest BCUT2D eigenvalue weighted by atomic mass is 9.87. The molecule has 1 fully saturated rings. The van der Waals surface area contributed by atoms with E-state index in [-0.39, 0.29) is 31.0 Å². The van der Waals surface area contributed by atoms with E-state index in [4.69, 9.17) is 9.47 Å². The molecule has 0 amide bonds. The van der Waals surface area contributed by atoms with Crippen molar-refractivity contribution in [2.45, 2.75) is 122 Å². The molecule has 40 heavy (non-hydrogen) atoms. The minimum atomic E-state index is -1.50. The number of allylic oxidation sites excluding steroid dienone is 5. The number of hydrogen-bond donors (Lipinski definition) is 5. The molecule has 0 aliphatic carbocycles. The molecule has 0 spiro atoms. The lowest BCUT2D eigenvalue weighted by molar-refractivity contribution is -0.149. The quantitative estimate of drug-likeness (QED) is 0.184. The van der Waals surface area contributed by atoms with Crippen LogP contribution in [0.2, 0.25) is 0 Å². The maximum absolute atomic E-state index is 12.5. The minimum absolute atomic E-state index is 0.0348. The Morgan fingerprint density at radius 3 is 2.35 bits per heavy atom. The van der Waals surface area contributed by atoms with Gasteiger partial charge >= 0.3 is 5.97 Å². The fraction of sp³-hybridized carbons (Fsp3) is 0.719. The molecule has 0 bridgehead atoms. The van der Waals surface area contributed by atoms with E-state index in [2.05, 4.69) is 31.7 Å². The van der Waals surface area contributed by atoms with Gasteiger partial charge in [0.1, 0.15) is 18.3 Å². The van der Waals surface area contributed by atoms with Gasteiger partial charge in [0.15, 0.2) is 0 Å². The zero-order valence-electron chi connectivity index (χ0n) is 24.9. The summed E-state index contributed by atoms with van der Waals surface area (Å²) in [4.78, 5) is 12.5. The number of cyclic esters (lactones) is 1. The van der Waals surface area contributed by atoms with E-state index in [0.717, 1.165) is 30.4 Å². The van der Waals surface area contributed by atoms with Crippen LogP contribution in [-0.2, 0) is 14.3 Å². The molecule has 0 radical (unpaired) electrons. The lowest BCUT2D eigenvalue weighted by Crippen LogP contribution is -2.43. The van der Waals surface area contributed by atoms with Gasteiger partial charge in [0.05, 0.1) is 31.0 Å². The Bertz CT molecular complexity index is 909. The van der Waals surface area contributed by atoms with Crippen molar-refractivity contribution in [1.29, 1.82) is 0 Å². The first-order valence-corrected chi connectivity index (χ1v) is 14.7. The fourth-order valence-corrected chi connectivity index (χ4v) is 5.31. The molecule has 1 saturated heterocycles. The largest absolute Gasteiger partial charge is 0.457 e. The van der Waals surface area contributed by atoms with Gasteiger partial charge in [-0.1, -0.05) is 62.8 Å². The molecular weight excluding hydrogens is 512 g/mol. The van der Waals surface area contributed by atoms with Crippen LogP contribution in [-0.4, -0.2) is 80.8 Å². The first kappa shape index (κ1) is 34.4. The highest BCUT2D eigenvalue weighted by Crippen LogP contribution is 2.32. The number of rotatable bonds is 1. The third-order valence-electron chi connectivity index (χ3n) is 8.09. The Morgan fingerprint density at radius 2 is 1.68 bits per heavy atom. The zero-order valence-corrected chi connectivity index (χ0v) is 24.9. The monoisotopic (exact) mass is 564 g/mol. The number of aliphatic hydroxyl groups excluding tert-OH is 5. The predicted molar refractivity (Wildman–Crippen MR) is 155 cm³/mol. The molecule has 2 aliphatic heterocycles. The molecule has 2 heterocycles. The van der Waals surface area contributed by atoms with E-state index in [0.29, 0.717) is 24.3 Å². The van der Waals surface area contributed by atoms with E-state index >= 15 is 0 Å². The number of ether oxygens (including phenoxy) is 2. The maximum Gasteiger partial charge on any atom is 0.333 e. The minimum Gasteiger partial charge on any atom is -0.457 e. The molecule has 10 atom stereocenters. The van der Waals surface area contributed by atoms with Crippen LogP contribution in [0.5, 0.6) is 0 Å². The number of esters is 1. The highest BCUT2D eigenvalue weighted by molar-refractivity contribution is 5.87. The summed E-state index contributed by atoms with van der Waals surface area (Å²) in [6.07, 6.45) is 6.00. The van der Waals surface area contributed by atoms with Crippen LogP contribution in [0.15, 0.2) is 47.6 Å². The molecule has 8 heteroatoms. The van der Waals surface area contributed by atoms with Crippen LogP contribution < -0.4 is 0 Å². The molecule has 0 aromatic carbocycles. The number of epoxide rings is 1. The van der Waals surface area contributed by atoms with Gasteiger partial charge in [0.2, 0.25) is 0 Å². The number of carbonyl (C=O) groups is 1. The highest BCUT2D eigenvalue weighted by Gasteiger charge is 2.37. The summed E-state index contributed by atoms with van der Waals surface area (Å²) in [5, 5.41) is 52.1. The van der Waals surface area contributed by atoms with Gasteiger partial charge in [-0.3, -0.25) is 0 Å². The van der Waals surface area contributed by atoms with Gasteiger partial charge in [-0.05, 0) is 70.1 Å². The van der Waals surface area contributed by atoms with Crippen LogP contribution >= 0.6 is 0 Å². The summed E-state index contributed by atoms with van der Waals surface area (Å²) in [6.45, 7) is 13.3. The van der Waals surface area contributed by atoms with Crippen molar-refractivity contribution in [2.24, 2.45) is 17.8 Å². The van der Waals surface area contributed by atoms with Crippen molar-refractivity contribution < 1.29 is 39.8 Å². The standard InChI is InChI=1S/C32H52O8/c1-19-12-20(2)14-29-28(40-29)11-9-7-8-10-21(3)32(38)39-26(18-33)16-24(6)30(36)31(37)27(35)17-25(34)15-23(5)22(4)13-19/h9-11,13,20,23-31,33-37H,1,7-8,12,14-18H2,2-6H3/b11-9+,21-10+,22-13+/t20-,23+,24-,25+,26-,27+,28+,29+,30+,31+/m1/s1. The number of fused-ring (bicyclic) bond motifs is 1. The Balaban J connectivity index is 2.13. The molecule has 8 nitrogen and oxygen atoms in total. The Labute approximate surface area is 240 Å². The SMILES string of the molecule is C=C1/C=C(\C)[C@@H](C)C[C@H](O)C[C@H](O)[C@H](O)[C@@H](O)[C@H](C)C[C@H](CO)OC(=O)/C(C)=C/CC/C=C/[C@@H]2O[C@H]2C[C@H](C)C1. The van der Waals surface area contributed by atoms with Crippen LogP contribution in [0.25, 0.3) is 0 Å². The Hall–Kier alpha value is -1.81. The van der Waals surface area contributed by atoms with Crippen molar-refractivity contribution in [2.75, 3.05) is 6.61 Å². The topological polar surface area (TPSA) is 140 Å². The average molecular weight is 565 g/mol. The van der Waals surface area contributed by atoms with E-state index in [1.807, 2.05) is 13.8 Å². The van der Waals surface area contributed by atoms with Crippen LogP contribution in [0, 0.1) is 17.8 Å². The van der Waals surface area contributed by atoms with E-state index in [1.165, 1.54) is 0 Å². The Kier molecular flexibility index (Phi) is 14.3. The number of aliphatic hydroxyl groups is 5. The molecule has 0 saturated carbocycles. The second kappa shape index (κ2) is 16.6. The zero-order chi connectivity index (χ0) is 30.0. The molecule has 2 aliphatic rings. The van der Waals surface area contributed by atoms with Gasteiger partial charge < -0.3 is 35.0 Å². The van der Waals surface area contributed by atoms with Crippen molar-refractivity contribution in [1.82, 2.24) is 0 Å². The second-order valence-electron chi connectivity index (χ2n) is 12.1. The van der Waals surface area contributed by atoms with E-state index in [9.17, 15) is 30.3 Å². The smallest absolute Gasteiger partial charge is 0.333 e. The first-order valence-electron chi connectivity index (χ1n) is 14.7. The van der Waals surface area contributed by atoms with Crippen LogP contribution in [0.1, 0.15) is 79.6 Å². The molecule has 2 rings (SSSR count). The van der Waals surface area contributed by atoms with Crippen molar-refractivity contribution in [3.8, 4) is 0 Å². The maximum atomic E-state index is 12.5. The summed E-state index contributed by atoms with van der Waals surface area (Å²) >= 11 is 0. The summed E-state index contributed by atoms with van der Waals surface area (Å²) in [6, 6.07) is 0. The fourth-order valence-electron chi connectivity index (χ4n) is 5.31. The molecule has 228 valence electrons. The van der Waals surface area contributed by atoms with E-state index < -0.39 is 49.0 Å². The van der Waals surface area contributed by atoms with Crippen molar-refractivity contribution in [3.05, 3.63) is 47.6 Å². The van der Waals surface area contributed by atoms with Gasteiger partial charge in [-0.2, -0.15) is 0 Å². The normalized spacial score (nSPS) is 42.0. The highest BCUT2D eigenvalue weighted by atomic mass is 16.6. The van der Waals surface area contributed by atoms with Crippen molar-refractivity contribution in [3.63, 3.8) is 0 Å². The molecule has 0 unspecified atom stereocenters. The van der Waals surface area contributed by atoms with Gasteiger partial charge in [0, 0.05) is 12.0 Å². The summed E-state index contributed by atoms with van der Waals surface area (Å²) in [5.41, 5.74) is 2.53. The first-order chi connectivity index (χ1) is 18.8. The van der Waals surface area contributed by atoms with Gasteiger partial charge in [0.25, 0.3) is 0 Å².